The lowest BCUT2D eigenvalue weighted by Crippen LogP contribution is -2.31. The van der Waals surface area contributed by atoms with Crippen molar-refractivity contribution in [2.24, 2.45) is 0 Å². The van der Waals surface area contributed by atoms with E-state index in [1.54, 1.807) is 20.4 Å². The molecule has 0 aliphatic rings. The van der Waals surface area contributed by atoms with Gasteiger partial charge >= 0.3 is 0 Å². The summed E-state index contributed by atoms with van der Waals surface area (Å²) < 4.78 is 13.3. The molecule has 0 saturated heterocycles. The maximum Gasteiger partial charge on any atom is 0.231 e. The Labute approximate surface area is 205 Å². The number of rotatable bonds is 12. The third kappa shape index (κ3) is 5.28. The van der Waals surface area contributed by atoms with E-state index in [2.05, 4.69) is 56.8 Å². The van der Waals surface area contributed by atoms with Gasteiger partial charge in [0.2, 0.25) is 11.6 Å². The van der Waals surface area contributed by atoms with Crippen molar-refractivity contribution in [2.45, 2.75) is 58.3 Å². The molecule has 35 heavy (non-hydrogen) atoms. The quantitative estimate of drug-likeness (QED) is 0.239. The highest BCUT2D eigenvalue weighted by molar-refractivity contribution is 5.76. The van der Waals surface area contributed by atoms with Gasteiger partial charge in [-0.3, -0.25) is 4.98 Å². The first-order valence-corrected chi connectivity index (χ1v) is 12.0. The molecule has 10 nitrogen and oxygen atoms in total. The van der Waals surface area contributed by atoms with Gasteiger partial charge in [0.15, 0.2) is 5.82 Å². The second kappa shape index (κ2) is 11.3. The number of ether oxygens (including phenoxy) is 2. The van der Waals surface area contributed by atoms with Gasteiger partial charge in [-0.25, -0.2) is 14.8 Å². The zero-order valence-electron chi connectivity index (χ0n) is 20.7. The largest absolute Gasteiger partial charge is 0.347 e. The molecule has 0 unspecified atom stereocenters. The van der Waals surface area contributed by atoms with Gasteiger partial charge in [0.05, 0.1) is 12.2 Å². The highest BCUT2D eigenvalue weighted by Crippen LogP contribution is 2.29. The number of hydrogen-bond acceptors (Lipinski definition) is 8. The average Bonchev–Trinajstić information content (AvgIpc) is 3.57. The number of pyridine rings is 1. The number of hydrogen-bond donors (Lipinski definition) is 1. The number of methoxy groups -OCH3 is 2. The molecule has 0 aliphatic heterocycles. The van der Waals surface area contributed by atoms with Gasteiger partial charge in [0.1, 0.15) is 5.82 Å². The minimum Gasteiger partial charge on any atom is -0.347 e. The van der Waals surface area contributed by atoms with Crippen LogP contribution < -0.4 is 0 Å². The van der Waals surface area contributed by atoms with E-state index < -0.39 is 5.79 Å². The van der Waals surface area contributed by atoms with Gasteiger partial charge in [-0.15, -0.1) is 10.2 Å². The fraction of sp³-hybridized carbons (Fsp3) is 0.440. The van der Waals surface area contributed by atoms with Crippen LogP contribution in [0.2, 0.25) is 0 Å². The molecule has 0 spiro atoms. The summed E-state index contributed by atoms with van der Waals surface area (Å²) in [6, 6.07) is 12.1. The smallest absolute Gasteiger partial charge is 0.231 e. The van der Waals surface area contributed by atoms with Crippen molar-refractivity contribution < 1.29 is 9.47 Å². The second-order valence-corrected chi connectivity index (χ2v) is 8.33. The van der Waals surface area contributed by atoms with E-state index in [0.717, 1.165) is 53.9 Å². The molecule has 1 N–H and O–H groups in total. The number of nitrogens with one attached hydrogen (secondary N) is 1. The molecule has 0 saturated carbocycles. The maximum atomic E-state index is 5.69. The van der Waals surface area contributed by atoms with Gasteiger partial charge in [0.25, 0.3) is 0 Å². The summed E-state index contributed by atoms with van der Waals surface area (Å²) in [5.41, 5.74) is 3.75. The molecule has 3 heterocycles. The number of benzene rings is 1. The minimum atomic E-state index is -0.945. The van der Waals surface area contributed by atoms with E-state index in [1.165, 1.54) is 0 Å². The monoisotopic (exact) mass is 476 g/mol. The van der Waals surface area contributed by atoms with Crippen molar-refractivity contribution in [2.75, 3.05) is 14.2 Å². The van der Waals surface area contributed by atoms with Crippen LogP contribution in [0, 0.1) is 0 Å². The molecule has 1 aromatic carbocycles. The van der Waals surface area contributed by atoms with Crippen LogP contribution in [-0.4, -0.2) is 54.6 Å². The highest BCUT2D eigenvalue weighted by atomic mass is 16.7. The molecule has 10 heteroatoms. The molecule has 4 rings (SSSR count). The first-order valence-electron chi connectivity index (χ1n) is 12.0. The third-order valence-electron chi connectivity index (χ3n) is 6.19. The van der Waals surface area contributed by atoms with Crippen LogP contribution in [0.4, 0.5) is 0 Å². The van der Waals surface area contributed by atoms with Crippen LogP contribution in [0.5, 0.6) is 0 Å². The van der Waals surface area contributed by atoms with Crippen LogP contribution in [0.25, 0.3) is 22.6 Å². The summed E-state index contributed by atoms with van der Waals surface area (Å²) in [4.78, 5) is 9.40. The number of unbranched alkanes of at least 4 members (excludes halogenated alkanes) is 2. The Morgan fingerprint density at radius 1 is 1.03 bits per heavy atom. The molecule has 0 amide bonds. The number of tetrazole rings is 1. The summed E-state index contributed by atoms with van der Waals surface area (Å²) in [7, 11) is 3.26. The number of aromatic amines is 1. The first-order chi connectivity index (χ1) is 17.1. The highest BCUT2D eigenvalue weighted by Gasteiger charge is 2.35. The number of H-pyrrole nitrogens is 1. The van der Waals surface area contributed by atoms with Crippen molar-refractivity contribution in [3.63, 3.8) is 0 Å². The lowest BCUT2D eigenvalue weighted by atomic mass is 10.0. The van der Waals surface area contributed by atoms with Crippen LogP contribution in [0.15, 0.2) is 42.6 Å². The fourth-order valence-electron chi connectivity index (χ4n) is 4.13. The lowest BCUT2D eigenvalue weighted by Gasteiger charge is -2.26. The van der Waals surface area contributed by atoms with Gasteiger partial charge in [-0.2, -0.15) is 0 Å². The van der Waals surface area contributed by atoms with E-state index in [4.69, 9.17) is 19.6 Å². The van der Waals surface area contributed by atoms with E-state index in [-0.39, 0.29) is 0 Å². The molecule has 0 aliphatic carbocycles. The number of aromatic nitrogens is 8. The van der Waals surface area contributed by atoms with Gasteiger partial charge < -0.3 is 9.47 Å². The SMILES string of the molecule is CCCCCc1nc(C(CC)(OC)OC)nn1Cc1ccc(-c2ncccc2-c2nnn[nH]2)cc1. The molecular weight excluding hydrogens is 444 g/mol. The van der Waals surface area contributed by atoms with Crippen LogP contribution in [-0.2, 0) is 28.2 Å². The Kier molecular flexibility index (Phi) is 7.94. The van der Waals surface area contributed by atoms with Crippen molar-refractivity contribution in [1.82, 2.24) is 40.4 Å². The molecule has 3 aromatic heterocycles. The average molecular weight is 477 g/mol. The predicted octanol–water partition coefficient (Wildman–Crippen LogP) is 4.16. The summed E-state index contributed by atoms with van der Waals surface area (Å²) in [5.74, 6) is 1.14. The molecule has 0 bridgehead atoms. The molecular formula is C25H32N8O2. The van der Waals surface area contributed by atoms with E-state index in [0.29, 0.717) is 24.6 Å². The fourth-order valence-corrected chi connectivity index (χ4v) is 4.13. The van der Waals surface area contributed by atoms with E-state index in [1.807, 2.05) is 23.7 Å². The standard InChI is InChI=1S/C25H32N8O2/c1-5-7-8-11-21-27-24(25(6-2,34-3)35-4)30-33(21)17-18-12-14-19(15-13-18)22-20(10-9-16-26-22)23-28-31-32-29-23/h9-10,12-16H,5-8,11,17H2,1-4H3,(H,28,29,31,32). The second-order valence-electron chi connectivity index (χ2n) is 8.33. The van der Waals surface area contributed by atoms with Crippen molar-refractivity contribution >= 4 is 0 Å². The predicted molar refractivity (Wildman–Crippen MR) is 131 cm³/mol. The van der Waals surface area contributed by atoms with Gasteiger partial charge in [0, 0.05) is 44.4 Å². The number of aryl methyl sites for hydroxylation is 1. The Morgan fingerprint density at radius 3 is 2.49 bits per heavy atom. The van der Waals surface area contributed by atoms with Crippen LogP contribution in [0.3, 0.4) is 0 Å². The van der Waals surface area contributed by atoms with Gasteiger partial charge in [-0.05, 0) is 34.5 Å². The van der Waals surface area contributed by atoms with Crippen molar-refractivity contribution in [3.8, 4) is 22.6 Å². The first kappa shape index (κ1) is 24.6. The normalized spacial score (nSPS) is 11.8. The Bertz CT molecular complexity index is 1190. The lowest BCUT2D eigenvalue weighted by molar-refractivity contribution is -0.222. The van der Waals surface area contributed by atoms with Crippen molar-refractivity contribution in [1.29, 1.82) is 0 Å². The molecule has 0 fully saturated rings. The van der Waals surface area contributed by atoms with Crippen LogP contribution >= 0.6 is 0 Å². The zero-order chi connectivity index (χ0) is 24.7. The summed E-state index contributed by atoms with van der Waals surface area (Å²) in [5, 5.41) is 19.0. The van der Waals surface area contributed by atoms with Crippen molar-refractivity contribution in [3.05, 3.63) is 59.8 Å². The molecule has 4 aromatic rings. The van der Waals surface area contributed by atoms with E-state index >= 15 is 0 Å². The molecule has 0 atom stereocenters. The Morgan fingerprint density at radius 2 is 1.83 bits per heavy atom. The topological polar surface area (TPSA) is 117 Å². The summed E-state index contributed by atoms with van der Waals surface area (Å²) >= 11 is 0. The molecule has 0 radical (unpaired) electrons. The Hall–Kier alpha value is -3.50. The third-order valence-corrected chi connectivity index (χ3v) is 6.19. The number of nitrogens with zero attached hydrogens (tertiary/aromatic N) is 7. The minimum absolute atomic E-state index is 0.562. The summed E-state index contributed by atoms with van der Waals surface area (Å²) in [6.45, 7) is 4.80. The zero-order valence-corrected chi connectivity index (χ0v) is 20.7. The van der Waals surface area contributed by atoms with Crippen LogP contribution in [0.1, 0.15) is 56.7 Å². The molecule has 184 valence electrons. The summed E-state index contributed by atoms with van der Waals surface area (Å²) in [6.07, 6.45) is 6.59. The van der Waals surface area contributed by atoms with E-state index in [9.17, 15) is 0 Å². The van der Waals surface area contributed by atoms with Gasteiger partial charge in [-0.1, -0.05) is 51.0 Å². The maximum absolute atomic E-state index is 5.69. The Balaban J connectivity index is 1.61.